The van der Waals surface area contributed by atoms with E-state index in [0.717, 1.165) is 6.20 Å². The molecule has 0 atom stereocenters. The molecule has 0 amide bonds. The fourth-order valence-corrected chi connectivity index (χ4v) is 1.79. The van der Waals surface area contributed by atoms with Crippen molar-refractivity contribution >= 4 is 34.8 Å². The van der Waals surface area contributed by atoms with E-state index in [0.29, 0.717) is 5.02 Å². The van der Waals surface area contributed by atoms with Crippen molar-refractivity contribution in [3.8, 4) is 11.6 Å². The van der Waals surface area contributed by atoms with Crippen LogP contribution in [0, 0.1) is 10.1 Å². The van der Waals surface area contributed by atoms with Crippen LogP contribution in [0.1, 0.15) is 0 Å². The Morgan fingerprint density at radius 1 is 1.40 bits per heavy atom. The standard InChI is InChI=1S/C11H8Cl2N4O3/c1-14-11-15-5-8(17(18)19)10(16-11)20-9-3-2-6(12)4-7(9)13/h2-5H,1H3,(H,14,15,16). The second-order valence-electron chi connectivity index (χ2n) is 3.57. The number of ether oxygens (including phenoxy) is 1. The summed E-state index contributed by atoms with van der Waals surface area (Å²) in [5.74, 6) is 0.189. The van der Waals surface area contributed by atoms with Crippen LogP contribution in [0.15, 0.2) is 24.4 Å². The minimum absolute atomic E-state index is 0.190. The number of rotatable bonds is 4. The second-order valence-corrected chi connectivity index (χ2v) is 4.41. The predicted molar refractivity (Wildman–Crippen MR) is 74.8 cm³/mol. The fourth-order valence-electron chi connectivity index (χ4n) is 1.34. The summed E-state index contributed by atoms with van der Waals surface area (Å²) in [5, 5.41) is 14.2. The maximum atomic E-state index is 10.9. The molecular formula is C11H8Cl2N4O3. The number of hydrogen-bond donors (Lipinski definition) is 1. The van der Waals surface area contributed by atoms with E-state index in [1.807, 2.05) is 0 Å². The Kier molecular flexibility index (Phi) is 4.21. The minimum atomic E-state index is -0.640. The third-order valence-electron chi connectivity index (χ3n) is 2.26. The first-order valence-corrected chi connectivity index (χ1v) is 6.09. The number of nitro groups is 1. The van der Waals surface area contributed by atoms with Gasteiger partial charge in [-0.15, -0.1) is 0 Å². The summed E-state index contributed by atoms with van der Waals surface area (Å²) in [6.07, 6.45) is 1.05. The molecule has 0 aliphatic rings. The van der Waals surface area contributed by atoms with E-state index >= 15 is 0 Å². The highest BCUT2D eigenvalue weighted by atomic mass is 35.5. The van der Waals surface area contributed by atoms with E-state index in [1.54, 1.807) is 13.1 Å². The molecule has 9 heteroatoms. The van der Waals surface area contributed by atoms with Gasteiger partial charge < -0.3 is 10.1 Å². The van der Waals surface area contributed by atoms with Gasteiger partial charge >= 0.3 is 11.6 Å². The molecule has 0 spiro atoms. The van der Waals surface area contributed by atoms with Crippen molar-refractivity contribution in [1.29, 1.82) is 0 Å². The van der Waals surface area contributed by atoms with Crippen LogP contribution in [0.5, 0.6) is 11.6 Å². The summed E-state index contributed by atoms with van der Waals surface area (Å²) in [7, 11) is 1.58. The van der Waals surface area contributed by atoms with Crippen LogP contribution in [0.4, 0.5) is 11.6 Å². The molecule has 2 rings (SSSR count). The molecule has 0 fully saturated rings. The first kappa shape index (κ1) is 14.3. The minimum Gasteiger partial charge on any atom is -0.432 e. The number of aromatic nitrogens is 2. The van der Waals surface area contributed by atoms with Gasteiger partial charge in [-0.3, -0.25) is 10.1 Å². The second kappa shape index (κ2) is 5.89. The molecule has 0 unspecified atom stereocenters. The highest BCUT2D eigenvalue weighted by Crippen LogP contribution is 2.34. The normalized spacial score (nSPS) is 10.2. The lowest BCUT2D eigenvalue weighted by atomic mass is 10.3. The van der Waals surface area contributed by atoms with E-state index in [1.165, 1.54) is 12.1 Å². The Morgan fingerprint density at radius 3 is 2.75 bits per heavy atom. The molecule has 0 saturated carbocycles. The van der Waals surface area contributed by atoms with Crippen LogP contribution in [0.3, 0.4) is 0 Å². The van der Waals surface area contributed by atoms with Gasteiger partial charge in [-0.25, -0.2) is 4.98 Å². The van der Waals surface area contributed by atoms with Crippen molar-refractivity contribution in [1.82, 2.24) is 9.97 Å². The first-order chi connectivity index (χ1) is 9.51. The molecule has 104 valence electrons. The molecule has 20 heavy (non-hydrogen) atoms. The summed E-state index contributed by atoms with van der Waals surface area (Å²) < 4.78 is 5.38. The van der Waals surface area contributed by atoms with Crippen LogP contribution >= 0.6 is 23.2 Å². The zero-order valence-corrected chi connectivity index (χ0v) is 11.6. The van der Waals surface area contributed by atoms with E-state index in [-0.39, 0.29) is 28.3 Å². The van der Waals surface area contributed by atoms with Crippen molar-refractivity contribution in [2.45, 2.75) is 0 Å². The van der Waals surface area contributed by atoms with Gasteiger partial charge in [-0.05, 0) is 18.2 Å². The van der Waals surface area contributed by atoms with Gasteiger partial charge in [0.15, 0.2) is 0 Å². The van der Waals surface area contributed by atoms with Gasteiger partial charge in [0, 0.05) is 12.1 Å². The molecular weight excluding hydrogens is 307 g/mol. The molecule has 0 radical (unpaired) electrons. The largest absolute Gasteiger partial charge is 0.432 e. The van der Waals surface area contributed by atoms with Crippen molar-refractivity contribution in [2.24, 2.45) is 0 Å². The summed E-state index contributed by atoms with van der Waals surface area (Å²) in [6, 6.07) is 4.51. The molecule has 1 aromatic carbocycles. The topological polar surface area (TPSA) is 90.2 Å². The molecule has 1 aromatic heterocycles. The summed E-state index contributed by atoms with van der Waals surface area (Å²) in [4.78, 5) is 17.9. The maximum absolute atomic E-state index is 10.9. The van der Waals surface area contributed by atoms with Gasteiger partial charge in [-0.2, -0.15) is 4.98 Å². The van der Waals surface area contributed by atoms with Gasteiger partial charge in [0.1, 0.15) is 11.9 Å². The maximum Gasteiger partial charge on any atom is 0.349 e. The lowest BCUT2D eigenvalue weighted by molar-refractivity contribution is -0.386. The van der Waals surface area contributed by atoms with Crippen molar-refractivity contribution in [2.75, 3.05) is 12.4 Å². The number of benzene rings is 1. The van der Waals surface area contributed by atoms with E-state index < -0.39 is 4.92 Å². The van der Waals surface area contributed by atoms with Crippen molar-refractivity contribution in [3.05, 3.63) is 44.6 Å². The van der Waals surface area contributed by atoms with Gasteiger partial charge in [0.05, 0.1) is 9.95 Å². The fraction of sp³-hybridized carbons (Fsp3) is 0.0909. The zero-order valence-electron chi connectivity index (χ0n) is 10.1. The molecule has 0 bridgehead atoms. The number of anilines is 1. The quantitative estimate of drug-likeness (QED) is 0.685. The monoisotopic (exact) mass is 314 g/mol. The molecule has 0 aliphatic carbocycles. The lowest BCUT2D eigenvalue weighted by Crippen LogP contribution is -2.02. The molecule has 2 aromatic rings. The third kappa shape index (κ3) is 3.06. The van der Waals surface area contributed by atoms with Crippen molar-refractivity contribution in [3.63, 3.8) is 0 Å². The Morgan fingerprint density at radius 2 is 2.15 bits per heavy atom. The molecule has 1 N–H and O–H groups in total. The molecule has 0 aliphatic heterocycles. The SMILES string of the molecule is CNc1ncc([N+](=O)[O-])c(Oc2ccc(Cl)cc2Cl)n1. The number of hydrogen-bond acceptors (Lipinski definition) is 6. The third-order valence-corrected chi connectivity index (χ3v) is 2.79. The zero-order chi connectivity index (χ0) is 14.7. The highest BCUT2D eigenvalue weighted by molar-refractivity contribution is 6.35. The molecule has 7 nitrogen and oxygen atoms in total. The van der Waals surface area contributed by atoms with Gasteiger partial charge in [0.2, 0.25) is 5.95 Å². The average molecular weight is 315 g/mol. The van der Waals surface area contributed by atoms with Crippen LogP contribution in [0.25, 0.3) is 0 Å². The van der Waals surface area contributed by atoms with E-state index in [2.05, 4.69) is 15.3 Å². The van der Waals surface area contributed by atoms with E-state index in [9.17, 15) is 10.1 Å². The van der Waals surface area contributed by atoms with Crippen LogP contribution in [-0.2, 0) is 0 Å². The highest BCUT2D eigenvalue weighted by Gasteiger charge is 2.20. The number of nitrogens with zero attached hydrogens (tertiary/aromatic N) is 3. The lowest BCUT2D eigenvalue weighted by Gasteiger charge is -2.08. The predicted octanol–water partition coefficient (Wildman–Crippen LogP) is 3.53. The van der Waals surface area contributed by atoms with Crippen LogP contribution in [-0.4, -0.2) is 21.9 Å². The first-order valence-electron chi connectivity index (χ1n) is 5.33. The van der Waals surface area contributed by atoms with Crippen LogP contribution in [0.2, 0.25) is 10.0 Å². The van der Waals surface area contributed by atoms with Gasteiger partial charge in [0.25, 0.3) is 0 Å². The number of nitrogens with one attached hydrogen (secondary N) is 1. The summed E-state index contributed by atoms with van der Waals surface area (Å²) >= 11 is 11.7. The summed E-state index contributed by atoms with van der Waals surface area (Å²) in [5.41, 5.74) is -0.366. The Bertz CT molecular complexity index is 666. The molecule has 1 heterocycles. The Hall–Kier alpha value is -2.12. The Balaban J connectivity index is 2.43. The average Bonchev–Trinajstić information content (AvgIpc) is 2.41. The van der Waals surface area contributed by atoms with Gasteiger partial charge in [-0.1, -0.05) is 23.2 Å². The van der Waals surface area contributed by atoms with Crippen molar-refractivity contribution < 1.29 is 9.66 Å². The smallest absolute Gasteiger partial charge is 0.349 e. The Labute approximate surface area is 123 Å². The van der Waals surface area contributed by atoms with E-state index in [4.69, 9.17) is 27.9 Å². The summed E-state index contributed by atoms with van der Waals surface area (Å²) in [6.45, 7) is 0. The van der Waals surface area contributed by atoms with Crippen LogP contribution < -0.4 is 10.1 Å². The molecule has 0 saturated heterocycles. The number of halogens is 2.